The standard InChI is InChI=1S/C17H34N2O/c1-13-9-14(2)15(16(20)10-13)11-19(5)12-17(18(3)4)7-6-8-17/h13-16,20H,6-12H2,1-5H3. The molecule has 0 aliphatic heterocycles. The number of aliphatic hydroxyl groups excluding tert-OH is 1. The number of nitrogens with zero attached hydrogens (tertiary/aromatic N) is 2. The Balaban J connectivity index is 1.89. The fraction of sp³-hybridized carbons (Fsp3) is 1.00. The van der Waals surface area contributed by atoms with Crippen molar-refractivity contribution in [1.82, 2.24) is 9.80 Å². The number of aliphatic hydroxyl groups is 1. The van der Waals surface area contributed by atoms with Crippen molar-refractivity contribution in [2.24, 2.45) is 17.8 Å². The molecule has 3 heteroatoms. The van der Waals surface area contributed by atoms with Crippen LogP contribution in [0.5, 0.6) is 0 Å². The first-order valence-corrected chi connectivity index (χ1v) is 8.38. The Morgan fingerprint density at radius 1 is 1.10 bits per heavy atom. The first kappa shape index (κ1) is 16.3. The molecule has 0 aromatic rings. The smallest absolute Gasteiger partial charge is 0.0585 e. The Kier molecular flexibility index (Phi) is 5.14. The highest BCUT2D eigenvalue weighted by molar-refractivity contribution is 4.98. The molecule has 0 radical (unpaired) electrons. The highest BCUT2D eigenvalue weighted by Crippen LogP contribution is 2.38. The van der Waals surface area contributed by atoms with E-state index in [1.165, 1.54) is 25.7 Å². The van der Waals surface area contributed by atoms with Gasteiger partial charge in [-0.15, -0.1) is 0 Å². The van der Waals surface area contributed by atoms with E-state index in [1.54, 1.807) is 0 Å². The van der Waals surface area contributed by atoms with E-state index in [9.17, 15) is 5.11 Å². The predicted octanol–water partition coefficient (Wildman–Crippen LogP) is 2.45. The van der Waals surface area contributed by atoms with E-state index >= 15 is 0 Å². The molecule has 4 atom stereocenters. The maximum atomic E-state index is 10.4. The van der Waals surface area contributed by atoms with Gasteiger partial charge in [-0.25, -0.2) is 0 Å². The first-order chi connectivity index (χ1) is 9.34. The zero-order chi connectivity index (χ0) is 14.9. The van der Waals surface area contributed by atoms with Crippen molar-refractivity contribution in [3.63, 3.8) is 0 Å². The summed E-state index contributed by atoms with van der Waals surface area (Å²) in [6, 6.07) is 0. The van der Waals surface area contributed by atoms with E-state index in [2.05, 4.69) is 44.8 Å². The van der Waals surface area contributed by atoms with Gasteiger partial charge in [0.1, 0.15) is 0 Å². The van der Waals surface area contributed by atoms with Gasteiger partial charge in [-0.1, -0.05) is 13.8 Å². The van der Waals surface area contributed by atoms with Gasteiger partial charge in [-0.3, -0.25) is 0 Å². The minimum absolute atomic E-state index is 0.104. The van der Waals surface area contributed by atoms with Gasteiger partial charge in [0, 0.05) is 24.5 Å². The molecule has 118 valence electrons. The van der Waals surface area contributed by atoms with Crippen LogP contribution in [0.25, 0.3) is 0 Å². The molecule has 2 saturated carbocycles. The lowest BCUT2D eigenvalue weighted by molar-refractivity contribution is -0.0191. The number of hydrogen-bond donors (Lipinski definition) is 1. The van der Waals surface area contributed by atoms with Crippen molar-refractivity contribution in [2.75, 3.05) is 34.2 Å². The Bertz CT molecular complexity index is 302. The average Bonchev–Trinajstić information content (AvgIpc) is 2.28. The summed E-state index contributed by atoms with van der Waals surface area (Å²) < 4.78 is 0. The molecule has 3 nitrogen and oxygen atoms in total. The lowest BCUT2D eigenvalue weighted by atomic mass is 9.72. The summed E-state index contributed by atoms with van der Waals surface area (Å²) in [5, 5.41) is 10.4. The summed E-state index contributed by atoms with van der Waals surface area (Å²) in [6.45, 7) is 6.79. The van der Waals surface area contributed by atoms with E-state index in [1.807, 2.05) is 0 Å². The minimum atomic E-state index is -0.104. The second-order valence-corrected chi connectivity index (χ2v) is 7.95. The third-order valence-corrected chi connectivity index (χ3v) is 5.96. The summed E-state index contributed by atoms with van der Waals surface area (Å²) in [5.41, 5.74) is 0.394. The molecule has 2 aliphatic rings. The zero-order valence-electron chi connectivity index (χ0n) is 14.1. The minimum Gasteiger partial charge on any atom is -0.393 e. The fourth-order valence-electron chi connectivity index (χ4n) is 4.43. The number of rotatable bonds is 5. The topological polar surface area (TPSA) is 26.7 Å². The van der Waals surface area contributed by atoms with Crippen LogP contribution in [0.3, 0.4) is 0 Å². The molecule has 20 heavy (non-hydrogen) atoms. The summed E-state index contributed by atoms with van der Waals surface area (Å²) in [4.78, 5) is 4.88. The highest BCUT2D eigenvalue weighted by atomic mass is 16.3. The molecule has 0 aromatic carbocycles. The number of likely N-dealkylation sites (N-methyl/N-ethyl adjacent to an activating group) is 2. The predicted molar refractivity (Wildman–Crippen MR) is 84.8 cm³/mol. The van der Waals surface area contributed by atoms with Crippen LogP contribution in [0.2, 0.25) is 0 Å². The van der Waals surface area contributed by atoms with Crippen LogP contribution in [-0.2, 0) is 0 Å². The molecule has 1 N–H and O–H groups in total. The van der Waals surface area contributed by atoms with Gasteiger partial charge in [-0.05, 0) is 65.1 Å². The summed E-state index contributed by atoms with van der Waals surface area (Å²) >= 11 is 0. The molecule has 4 unspecified atom stereocenters. The van der Waals surface area contributed by atoms with Gasteiger partial charge in [0.25, 0.3) is 0 Å². The van der Waals surface area contributed by atoms with Crippen LogP contribution in [0.1, 0.15) is 46.0 Å². The largest absolute Gasteiger partial charge is 0.393 e. The molecule has 2 fully saturated rings. The fourth-order valence-corrected chi connectivity index (χ4v) is 4.43. The Labute approximate surface area is 125 Å². The third kappa shape index (κ3) is 3.37. The molecular formula is C17H34N2O. The van der Waals surface area contributed by atoms with Gasteiger partial charge < -0.3 is 14.9 Å². The molecule has 2 aliphatic carbocycles. The van der Waals surface area contributed by atoms with Crippen LogP contribution in [0.15, 0.2) is 0 Å². The first-order valence-electron chi connectivity index (χ1n) is 8.38. The third-order valence-electron chi connectivity index (χ3n) is 5.96. The normalized spacial score (nSPS) is 37.2. The van der Waals surface area contributed by atoms with E-state index in [0.717, 1.165) is 19.5 Å². The molecule has 0 saturated heterocycles. The van der Waals surface area contributed by atoms with Gasteiger partial charge in [0.2, 0.25) is 0 Å². The maximum Gasteiger partial charge on any atom is 0.0585 e. The van der Waals surface area contributed by atoms with E-state index < -0.39 is 0 Å². The van der Waals surface area contributed by atoms with Crippen LogP contribution in [0.4, 0.5) is 0 Å². The Morgan fingerprint density at radius 2 is 1.75 bits per heavy atom. The Hall–Kier alpha value is -0.120. The van der Waals surface area contributed by atoms with Crippen molar-refractivity contribution in [2.45, 2.75) is 57.6 Å². The summed E-state index contributed by atoms with van der Waals surface area (Å²) in [5.74, 6) is 1.78. The second kappa shape index (κ2) is 6.33. The molecule has 0 spiro atoms. The number of hydrogen-bond acceptors (Lipinski definition) is 3. The maximum absolute atomic E-state index is 10.4. The van der Waals surface area contributed by atoms with Gasteiger partial charge in [0.05, 0.1) is 6.10 Å². The van der Waals surface area contributed by atoms with Gasteiger partial charge in [-0.2, -0.15) is 0 Å². The van der Waals surface area contributed by atoms with Crippen LogP contribution in [-0.4, -0.2) is 60.8 Å². The lowest BCUT2D eigenvalue weighted by Gasteiger charge is -2.50. The quantitative estimate of drug-likeness (QED) is 0.839. The van der Waals surface area contributed by atoms with E-state index in [0.29, 0.717) is 23.3 Å². The Morgan fingerprint density at radius 3 is 2.20 bits per heavy atom. The lowest BCUT2D eigenvalue weighted by Crippen LogP contribution is -2.57. The SMILES string of the molecule is CC1CC(C)C(CN(C)CC2(N(C)C)CCC2)C(O)C1. The average molecular weight is 282 g/mol. The summed E-state index contributed by atoms with van der Waals surface area (Å²) in [7, 11) is 6.67. The molecule has 0 aromatic heterocycles. The van der Waals surface area contributed by atoms with Crippen LogP contribution in [0, 0.1) is 17.8 Å². The highest BCUT2D eigenvalue weighted by Gasteiger charge is 2.41. The molecule has 2 rings (SSSR count). The van der Waals surface area contributed by atoms with Crippen molar-refractivity contribution < 1.29 is 5.11 Å². The van der Waals surface area contributed by atoms with Crippen LogP contribution >= 0.6 is 0 Å². The van der Waals surface area contributed by atoms with Gasteiger partial charge >= 0.3 is 0 Å². The van der Waals surface area contributed by atoms with Crippen molar-refractivity contribution in [1.29, 1.82) is 0 Å². The molecular weight excluding hydrogens is 248 g/mol. The monoisotopic (exact) mass is 282 g/mol. The van der Waals surface area contributed by atoms with E-state index in [4.69, 9.17) is 0 Å². The zero-order valence-corrected chi connectivity index (χ0v) is 14.1. The van der Waals surface area contributed by atoms with Gasteiger partial charge in [0.15, 0.2) is 0 Å². The van der Waals surface area contributed by atoms with Crippen LogP contribution < -0.4 is 0 Å². The van der Waals surface area contributed by atoms with Crippen molar-refractivity contribution >= 4 is 0 Å². The van der Waals surface area contributed by atoms with E-state index in [-0.39, 0.29) is 6.10 Å². The van der Waals surface area contributed by atoms with Crippen molar-refractivity contribution in [3.8, 4) is 0 Å². The molecule has 0 heterocycles. The molecule has 0 bridgehead atoms. The second-order valence-electron chi connectivity index (χ2n) is 7.95. The summed E-state index contributed by atoms with van der Waals surface area (Å²) in [6.07, 6.45) is 6.17. The molecule has 0 amide bonds. The van der Waals surface area contributed by atoms with Crippen molar-refractivity contribution in [3.05, 3.63) is 0 Å².